The van der Waals surface area contributed by atoms with Gasteiger partial charge in [-0.05, 0) is 122 Å². The Morgan fingerprint density at radius 3 is 1.05 bits per heavy atom. The van der Waals surface area contributed by atoms with Crippen LogP contribution in [0.15, 0.2) is 97.2 Å². The molecule has 0 aliphatic heterocycles. The number of rotatable bonds is 59. The third kappa shape index (κ3) is 59.0. The molecule has 0 heterocycles. The molecule has 460 valence electrons. The van der Waals surface area contributed by atoms with E-state index in [1.54, 1.807) is 0 Å². The van der Waals surface area contributed by atoms with Crippen LogP contribution in [0.5, 0.6) is 0 Å². The van der Waals surface area contributed by atoms with E-state index in [4.69, 9.17) is 23.3 Å². The zero-order chi connectivity index (χ0) is 58.3. The lowest BCUT2D eigenvalue weighted by Gasteiger charge is -2.21. The molecule has 0 saturated carbocycles. The highest BCUT2D eigenvalue weighted by Crippen LogP contribution is 2.43. The van der Waals surface area contributed by atoms with Crippen molar-refractivity contribution in [2.24, 2.45) is 0 Å². The Morgan fingerprint density at radius 1 is 0.362 bits per heavy atom. The third-order valence-electron chi connectivity index (χ3n) is 13.5. The van der Waals surface area contributed by atoms with Crippen LogP contribution in [0.1, 0.15) is 278 Å². The SMILES string of the molecule is CC/C=C\C/C=C\C/C=C\C/C=C\C/C=C\CCCCCC(=O)OC(COC(=O)CCCCCCCCCCC/C=C\CCCCCCCC)COP(=O)(O)OCC(CO)OC(=O)CCCCCCC/C=C\C/C=C\CCCCC. The van der Waals surface area contributed by atoms with E-state index in [1.165, 1.54) is 103 Å². The fraction of sp³-hybridized carbons (Fsp3) is 0.721. The smallest absolute Gasteiger partial charge is 0.462 e. The average Bonchev–Trinajstić information content (AvgIpc) is 3.45. The van der Waals surface area contributed by atoms with E-state index in [0.717, 1.165) is 116 Å². The molecular weight excluding hydrogens is 1020 g/mol. The normalized spacial score (nSPS) is 13.9. The first-order chi connectivity index (χ1) is 39.2. The highest BCUT2D eigenvalue weighted by Gasteiger charge is 2.28. The number of aliphatic hydroxyl groups is 1. The first-order valence-corrected chi connectivity index (χ1v) is 33.6. The van der Waals surface area contributed by atoms with Crippen molar-refractivity contribution in [3.63, 3.8) is 0 Å². The lowest BCUT2D eigenvalue weighted by Crippen LogP contribution is -2.30. The van der Waals surface area contributed by atoms with Gasteiger partial charge in [0, 0.05) is 19.3 Å². The molecule has 12 heteroatoms. The van der Waals surface area contributed by atoms with Gasteiger partial charge in [0.15, 0.2) is 6.10 Å². The summed E-state index contributed by atoms with van der Waals surface area (Å²) in [5.41, 5.74) is 0. The Bertz CT molecular complexity index is 1710. The monoisotopic (exact) mass is 1140 g/mol. The van der Waals surface area contributed by atoms with Crippen LogP contribution in [0.2, 0.25) is 0 Å². The predicted molar refractivity (Wildman–Crippen MR) is 334 cm³/mol. The molecule has 0 saturated heterocycles. The second kappa shape index (κ2) is 61.5. The number of hydrogen-bond acceptors (Lipinski definition) is 10. The van der Waals surface area contributed by atoms with Crippen molar-refractivity contribution in [3.8, 4) is 0 Å². The van der Waals surface area contributed by atoms with E-state index in [-0.39, 0.29) is 25.9 Å². The molecule has 0 bridgehead atoms. The van der Waals surface area contributed by atoms with Crippen molar-refractivity contribution in [1.29, 1.82) is 0 Å². The quantitative estimate of drug-likeness (QED) is 0.0197. The molecule has 0 aromatic rings. The first-order valence-electron chi connectivity index (χ1n) is 32.1. The van der Waals surface area contributed by atoms with Crippen LogP contribution >= 0.6 is 7.82 Å². The Labute approximate surface area is 489 Å². The average molecular weight is 1140 g/mol. The molecule has 0 aromatic heterocycles. The topological polar surface area (TPSA) is 155 Å². The van der Waals surface area contributed by atoms with Crippen molar-refractivity contribution >= 4 is 25.7 Å². The Balaban J connectivity index is 4.78. The maximum absolute atomic E-state index is 13.0. The summed E-state index contributed by atoms with van der Waals surface area (Å²) in [6.45, 7) is 4.47. The second-order valence-electron chi connectivity index (χ2n) is 21.2. The summed E-state index contributed by atoms with van der Waals surface area (Å²) in [7, 11) is -4.77. The Hall–Kier alpha value is -3.60. The predicted octanol–water partition coefficient (Wildman–Crippen LogP) is 19.6. The van der Waals surface area contributed by atoms with E-state index in [1.807, 2.05) is 0 Å². The highest BCUT2D eigenvalue weighted by molar-refractivity contribution is 7.47. The molecule has 0 amide bonds. The lowest BCUT2D eigenvalue weighted by molar-refractivity contribution is -0.161. The zero-order valence-corrected chi connectivity index (χ0v) is 51.9. The maximum atomic E-state index is 13.0. The van der Waals surface area contributed by atoms with Crippen LogP contribution in [0.4, 0.5) is 0 Å². The number of aliphatic hydroxyl groups excluding tert-OH is 1. The standard InChI is InChI=1S/C68H117O11P/c1-4-7-10-13-16-19-22-25-28-30-32-34-37-39-42-45-48-51-54-57-66(70)75-61-65(79-68(72)59-56-53-50-47-44-41-38-35-33-31-29-26-23-20-17-14-11-8-5-2)63-77-80(73,74)76-62-64(60-69)78-67(71)58-55-52-49-46-43-40-36-27-24-21-18-15-12-9-6-3/h8,11,17-18,20-21,25-29,33,35-36,41,44,64-65,69H,4-7,9-10,12-16,19,22-24,30-32,34,37-40,42-43,45-63H2,1-3H3,(H,73,74)/b11-8-,20-17-,21-18-,28-25-,29-26-,35-33-,36-27-,44-41-. The molecule has 2 N–H and O–H groups in total. The van der Waals surface area contributed by atoms with Gasteiger partial charge in [0.1, 0.15) is 12.7 Å². The largest absolute Gasteiger partial charge is 0.472 e. The summed E-state index contributed by atoms with van der Waals surface area (Å²) < 4.78 is 39.6. The number of hydrogen-bond donors (Lipinski definition) is 2. The second-order valence-corrected chi connectivity index (χ2v) is 22.6. The van der Waals surface area contributed by atoms with Crippen molar-refractivity contribution in [2.75, 3.05) is 26.4 Å². The molecule has 3 atom stereocenters. The van der Waals surface area contributed by atoms with Gasteiger partial charge in [0.2, 0.25) is 0 Å². The number of esters is 3. The van der Waals surface area contributed by atoms with Crippen LogP contribution in [-0.2, 0) is 42.2 Å². The summed E-state index contributed by atoms with van der Waals surface area (Å²) in [6.07, 6.45) is 73.6. The van der Waals surface area contributed by atoms with Gasteiger partial charge < -0.3 is 24.2 Å². The lowest BCUT2D eigenvalue weighted by atomic mass is 10.1. The van der Waals surface area contributed by atoms with Crippen LogP contribution < -0.4 is 0 Å². The summed E-state index contributed by atoms with van der Waals surface area (Å²) >= 11 is 0. The molecule has 3 unspecified atom stereocenters. The van der Waals surface area contributed by atoms with Gasteiger partial charge in [0.25, 0.3) is 0 Å². The van der Waals surface area contributed by atoms with E-state index in [9.17, 15) is 28.9 Å². The molecule has 0 fully saturated rings. The van der Waals surface area contributed by atoms with Gasteiger partial charge in [-0.2, -0.15) is 0 Å². The van der Waals surface area contributed by atoms with Gasteiger partial charge >= 0.3 is 25.7 Å². The van der Waals surface area contributed by atoms with Gasteiger partial charge in [-0.15, -0.1) is 0 Å². The van der Waals surface area contributed by atoms with Crippen LogP contribution in [0.3, 0.4) is 0 Å². The van der Waals surface area contributed by atoms with Gasteiger partial charge in [-0.25, -0.2) is 4.57 Å². The minimum atomic E-state index is -4.77. The Kier molecular flexibility index (Phi) is 58.7. The first kappa shape index (κ1) is 76.4. The number of phosphoric acid groups is 1. The zero-order valence-electron chi connectivity index (χ0n) is 51.0. The van der Waals surface area contributed by atoms with Crippen molar-refractivity contribution in [3.05, 3.63) is 97.2 Å². The molecule has 0 radical (unpaired) electrons. The number of unbranched alkanes of at least 4 members (excludes halogenated alkanes) is 26. The number of carbonyl (C=O) groups excluding carboxylic acids is 3. The molecule has 0 aliphatic carbocycles. The summed E-state index contributed by atoms with van der Waals surface area (Å²) in [4.78, 5) is 48.7. The van der Waals surface area contributed by atoms with Gasteiger partial charge in [-0.1, -0.05) is 234 Å². The number of phosphoric ester groups is 1. The third-order valence-corrected chi connectivity index (χ3v) is 14.4. The molecule has 11 nitrogen and oxygen atoms in total. The molecule has 0 aromatic carbocycles. The van der Waals surface area contributed by atoms with E-state index in [0.29, 0.717) is 19.3 Å². The minimum absolute atomic E-state index is 0.124. The number of ether oxygens (including phenoxy) is 3. The van der Waals surface area contributed by atoms with Gasteiger partial charge in [0.05, 0.1) is 19.8 Å². The summed E-state index contributed by atoms with van der Waals surface area (Å²) in [6, 6.07) is 0. The molecule has 0 rings (SSSR count). The molecule has 0 aliphatic rings. The number of carbonyl (C=O) groups is 3. The van der Waals surface area contributed by atoms with E-state index in [2.05, 4.69) is 118 Å². The molecular formula is C68H117O11P. The molecule has 0 spiro atoms. The van der Waals surface area contributed by atoms with Crippen LogP contribution in [0.25, 0.3) is 0 Å². The molecule has 80 heavy (non-hydrogen) atoms. The minimum Gasteiger partial charge on any atom is -0.462 e. The highest BCUT2D eigenvalue weighted by atomic mass is 31.2. The fourth-order valence-corrected chi connectivity index (χ4v) is 9.37. The van der Waals surface area contributed by atoms with Crippen LogP contribution in [-0.4, -0.2) is 66.5 Å². The van der Waals surface area contributed by atoms with Crippen molar-refractivity contribution in [1.82, 2.24) is 0 Å². The fourth-order valence-electron chi connectivity index (χ4n) is 8.58. The summed E-state index contributed by atoms with van der Waals surface area (Å²) in [5, 5.41) is 9.84. The summed E-state index contributed by atoms with van der Waals surface area (Å²) in [5.74, 6) is -1.52. The van der Waals surface area contributed by atoms with Crippen molar-refractivity contribution < 1.29 is 52.2 Å². The maximum Gasteiger partial charge on any atom is 0.472 e. The van der Waals surface area contributed by atoms with E-state index < -0.39 is 57.8 Å². The van der Waals surface area contributed by atoms with Crippen molar-refractivity contribution in [2.45, 2.75) is 290 Å². The van der Waals surface area contributed by atoms with Gasteiger partial charge in [-0.3, -0.25) is 23.4 Å². The van der Waals surface area contributed by atoms with E-state index >= 15 is 0 Å². The number of allylic oxidation sites excluding steroid dienone is 16. The van der Waals surface area contributed by atoms with Crippen LogP contribution in [0, 0.1) is 0 Å². The Morgan fingerprint density at radius 2 is 0.650 bits per heavy atom.